The van der Waals surface area contributed by atoms with E-state index in [2.05, 4.69) is 60.1 Å². The van der Waals surface area contributed by atoms with E-state index in [4.69, 9.17) is 4.99 Å². The van der Waals surface area contributed by atoms with Gasteiger partial charge in [0.15, 0.2) is 5.96 Å². The van der Waals surface area contributed by atoms with Crippen LogP contribution >= 0.6 is 0 Å². The fourth-order valence-electron chi connectivity index (χ4n) is 3.02. The van der Waals surface area contributed by atoms with Crippen molar-refractivity contribution < 1.29 is 0 Å². The number of hydrogen-bond donors (Lipinski definition) is 2. The lowest BCUT2D eigenvalue weighted by Crippen LogP contribution is -2.45. The summed E-state index contributed by atoms with van der Waals surface area (Å²) >= 11 is 0. The minimum atomic E-state index is 0.532. The van der Waals surface area contributed by atoms with Gasteiger partial charge in [-0.3, -0.25) is 9.47 Å². The van der Waals surface area contributed by atoms with Gasteiger partial charge in [0.25, 0.3) is 0 Å². The van der Waals surface area contributed by atoms with Crippen LogP contribution in [0.5, 0.6) is 0 Å². The number of imidazole rings is 1. The molecule has 0 aliphatic carbocycles. The summed E-state index contributed by atoms with van der Waals surface area (Å²) in [7, 11) is 0. The molecule has 0 bridgehead atoms. The van der Waals surface area contributed by atoms with Crippen LogP contribution in [0.25, 0.3) is 5.82 Å². The molecule has 0 atom stereocenters. The molecular formula is C20H33N7. The van der Waals surface area contributed by atoms with Gasteiger partial charge in [-0.25, -0.2) is 15.0 Å². The van der Waals surface area contributed by atoms with Crippen LogP contribution in [-0.2, 0) is 6.54 Å². The maximum absolute atomic E-state index is 4.72. The Hall–Kier alpha value is -2.41. The van der Waals surface area contributed by atoms with E-state index < -0.39 is 0 Å². The number of nitrogens with zero attached hydrogens (tertiary/aromatic N) is 5. The standard InChI is InChI=1S/C20H33N7/c1-6-22-20(24-10-12-27(16(2)3)17(4)5)25-14-18-7-8-23-19(13-18)26-11-9-21-15-26/h7-9,11,13,15-17H,6,10,12,14H2,1-5H3,(H2,22,24,25). The second-order valence-electron chi connectivity index (χ2n) is 7.04. The lowest BCUT2D eigenvalue weighted by Gasteiger charge is -2.30. The fourth-order valence-corrected chi connectivity index (χ4v) is 3.02. The third kappa shape index (κ3) is 6.67. The Balaban J connectivity index is 1.96. The number of nitrogens with one attached hydrogen (secondary N) is 2. The zero-order chi connectivity index (χ0) is 19.6. The van der Waals surface area contributed by atoms with Crippen LogP contribution < -0.4 is 10.6 Å². The van der Waals surface area contributed by atoms with Gasteiger partial charge in [-0.2, -0.15) is 0 Å². The second kappa shape index (κ2) is 10.7. The third-order valence-electron chi connectivity index (χ3n) is 4.33. The van der Waals surface area contributed by atoms with Crippen LogP contribution in [0, 0.1) is 0 Å². The molecule has 27 heavy (non-hydrogen) atoms. The highest BCUT2D eigenvalue weighted by atomic mass is 15.2. The Labute approximate surface area is 162 Å². The molecular weight excluding hydrogens is 338 g/mol. The number of aliphatic imine (C=N–C) groups is 1. The van der Waals surface area contributed by atoms with E-state index in [9.17, 15) is 0 Å². The molecule has 0 unspecified atom stereocenters. The first-order valence-corrected chi connectivity index (χ1v) is 9.72. The second-order valence-corrected chi connectivity index (χ2v) is 7.04. The van der Waals surface area contributed by atoms with Crippen molar-refractivity contribution in [2.45, 2.75) is 53.2 Å². The minimum Gasteiger partial charge on any atom is -0.357 e. The van der Waals surface area contributed by atoms with Crippen molar-refractivity contribution in [1.29, 1.82) is 0 Å². The lowest BCUT2D eigenvalue weighted by atomic mass is 10.2. The van der Waals surface area contributed by atoms with Crippen molar-refractivity contribution in [3.63, 3.8) is 0 Å². The summed E-state index contributed by atoms with van der Waals surface area (Å²) in [5, 5.41) is 6.76. The Morgan fingerprint density at radius 2 is 1.96 bits per heavy atom. The van der Waals surface area contributed by atoms with E-state index in [1.165, 1.54) is 0 Å². The van der Waals surface area contributed by atoms with Gasteiger partial charge in [-0.05, 0) is 52.3 Å². The molecule has 0 fully saturated rings. The van der Waals surface area contributed by atoms with E-state index in [-0.39, 0.29) is 0 Å². The minimum absolute atomic E-state index is 0.532. The number of guanidine groups is 1. The molecule has 0 aromatic carbocycles. The first kappa shape index (κ1) is 20.9. The van der Waals surface area contributed by atoms with Crippen LogP contribution in [0.3, 0.4) is 0 Å². The molecule has 2 heterocycles. The number of rotatable bonds is 9. The van der Waals surface area contributed by atoms with Crippen LogP contribution in [0.4, 0.5) is 0 Å². The molecule has 2 aromatic heterocycles. The van der Waals surface area contributed by atoms with Crippen LogP contribution in [0.1, 0.15) is 40.2 Å². The summed E-state index contributed by atoms with van der Waals surface area (Å²) < 4.78 is 1.89. The molecule has 0 spiro atoms. The van der Waals surface area contributed by atoms with Gasteiger partial charge in [0.2, 0.25) is 0 Å². The number of hydrogen-bond acceptors (Lipinski definition) is 4. The van der Waals surface area contributed by atoms with Crippen molar-refractivity contribution in [3.05, 3.63) is 42.6 Å². The highest BCUT2D eigenvalue weighted by Gasteiger charge is 2.12. The maximum Gasteiger partial charge on any atom is 0.191 e. The van der Waals surface area contributed by atoms with Crippen LogP contribution in [-0.4, -0.2) is 57.1 Å². The van der Waals surface area contributed by atoms with Crippen molar-refractivity contribution in [2.24, 2.45) is 4.99 Å². The van der Waals surface area contributed by atoms with E-state index in [1.54, 1.807) is 12.5 Å². The SMILES string of the molecule is CCNC(=NCc1ccnc(-n2ccnc2)c1)NCCN(C(C)C)C(C)C. The van der Waals surface area contributed by atoms with Gasteiger partial charge in [-0.1, -0.05) is 0 Å². The molecule has 2 aromatic rings. The number of pyridine rings is 1. The molecule has 2 N–H and O–H groups in total. The zero-order valence-electron chi connectivity index (χ0n) is 17.2. The van der Waals surface area contributed by atoms with E-state index in [1.807, 2.05) is 29.1 Å². The van der Waals surface area contributed by atoms with Gasteiger partial charge in [-0.15, -0.1) is 0 Å². The maximum atomic E-state index is 4.72. The fraction of sp³-hybridized carbons (Fsp3) is 0.550. The summed E-state index contributed by atoms with van der Waals surface area (Å²) in [5.41, 5.74) is 1.11. The van der Waals surface area contributed by atoms with Crippen molar-refractivity contribution in [2.75, 3.05) is 19.6 Å². The summed E-state index contributed by atoms with van der Waals surface area (Å²) in [4.78, 5) is 15.6. The summed E-state index contributed by atoms with van der Waals surface area (Å²) in [5.74, 6) is 1.69. The topological polar surface area (TPSA) is 70.4 Å². The molecule has 0 aliphatic heterocycles. The molecule has 0 saturated carbocycles. The predicted molar refractivity (Wildman–Crippen MR) is 111 cm³/mol. The van der Waals surface area contributed by atoms with E-state index in [0.29, 0.717) is 18.6 Å². The molecule has 0 radical (unpaired) electrons. The normalized spacial score (nSPS) is 12.2. The summed E-state index contributed by atoms with van der Waals surface area (Å²) in [6.45, 7) is 14.3. The van der Waals surface area contributed by atoms with Gasteiger partial charge in [0.05, 0.1) is 6.54 Å². The Bertz CT molecular complexity index is 684. The third-order valence-corrected chi connectivity index (χ3v) is 4.33. The zero-order valence-corrected chi connectivity index (χ0v) is 17.2. The Morgan fingerprint density at radius 1 is 1.19 bits per heavy atom. The lowest BCUT2D eigenvalue weighted by molar-refractivity contribution is 0.178. The molecule has 148 valence electrons. The first-order chi connectivity index (χ1) is 13.0. The van der Waals surface area contributed by atoms with Crippen LogP contribution in [0.15, 0.2) is 42.0 Å². The molecule has 7 heteroatoms. The average Bonchev–Trinajstić information content (AvgIpc) is 3.17. The average molecular weight is 372 g/mol. The molecule has 0 amide bonds. The van der Waals surface area contributed by atoms with E-state index in [0.717, 1.165) is 37.0 Å². The Kier molecular flexibility index (Phi) is 8.26. The molecule has 0 saturated heterocycles. The quantitative estimate of drug-likeness (QED) is 0.523. The van der Waals surface area contributed by atoms with E-state index >= 15 is 0 Å². The van der Waals surface area contributed by atoms with Crippen LogP contribution in [0.2, 0.25) is 0 Å². The van der Waals surface area contributed by atoms with Gasteiger partial charge in [0, 0.05) is 50.3 Å². The van der Waals surface area contributed by atoms with Crippen molar-refractivity contribution in [1.82, 2.24) is 30.1 Å². The highest BCUT2D eigenvalue weighted by Crippen LogP contribution is 2.08. The van der Waals surface area contributed by atoms with Gasteiger partial charge < -0.3 is 10.6 Å². The molecule has 7 nitrogen and oxygen atoms in total. The monoisotopic (exact) mass is 371 g/mol. The smallest absolute Gasteiger partial charge is 0.191 e. The number of aromatic nitrogens is 3. The van der Waals surface area contributed by atoms with Gasteiger partial charge in [0.1, 0.15) is 12.1 Å². The first-order valence-electron chi connectivity index (χ1n) is 9.72. The summed E-state index contributed by atoms with van der Waals surface area (Å²) in [6.07, 6.45) is 7.19. The highest BCUT2D eigenvalue weighted by molar-refractivity contribution is 5.79. The van der Waals surface area contributed by atoms with Crippen molar-refractivity contribution >= 4 is 5.96 Å². The van der Waals surface area contributed by atoms with Gasteiger partial charge >= 0.3 is 0 Å². The Morgan fingerprint density at radius 3 is 2.59 bits per heavy atom. The summed E-state index contributed by atoms with van der Waals surface area (Å²) in [6, 6.07) is 5.09. The molecule has 0 aliphatic rings. The largest absolute Gasteiger partial charge is 0.357 e. The van der Waals surface area contributed by atoms with Crippen molar-refractivity contribution in [3.8, 4) is 5.82 Å². The molecule has 2 rings (SSSR count). The predicted octanol–water partition coefficient (Wildman–Crippen LogP) is 2.44.